The Labute approximate surface area is 215 Å². The highest BCUT2D eigenvalue weighted by Gasteiger charge is 2.24. The average Bonchev–Trinajstić information content (AvgIpc) is 2.80. The molecule has 0 radical (unpaired) electrons. The summed E-state index contributed by atoms with van der Waals surface area (Å²) in [6, 6.07) is 3.39. The van der Waals surface area contributed by atoms with Crippen molar-refractivity contribution in [1.29, 1.82) is 0 Å². The molecule has 3 aromatic heterocycles. The highest BCUT2D eigenvalue weighted by Crippen LogP contribution is 2.34. The molecule has 9 heteroatoms. The lowest BCUT2D eigenvalue weighted by atomic mass is 10.1. The number of rotatable bonds is 6. The molecule has 7 nitrogen and oxygen atoms in total. The molecular weight excluding hydrogens is 481 g/mol. The van der Waals surface area contributed by atoms with Gasteiger partial charge in [0.15, 0.2) is 5.82 Å². The zero-order valence-electron chi connectivity index (χ0n) is 21.2. The molecule has 188 valence electrons. The van der Waals surface area contributed by atoms with Gasteiger partial charge in [-0.15, -0.1) is 0 Å². The van der Waals surface area contributed by atoms with Crippen molar-refractivity contribution in [3.63, 3.8) is 0 Å². The van der Waals surface area contributed by atoms with Gasteiger partial charge in [-0.2, -0.15) is 0 Å². The van der Waals surface area contributed by atoms with E-state index in [1.54, 1.807) is 39.4 Å². The minimum absolute atomic E-state index is 0.0175. The van der Waals surface area contributed by atoms with Crippen LogP contribution in [0, 0.1) is 26.6 Å². The number of hydrogen-bond acceptors (Lipinski definition) is 7. The van der Waals surface area contributed by atoms with Crippen molar-refractivity contribution in [2.45, 2.75) is 53.8 Å². The molecule has 0 amide bonds. The van der Waals surface area contributed by atoms with Crippen LogP contribution in [0.4, 0.5) is 10.1 Å². The van der Waals surface area contributed by atoms with Crippen LogP contribution in [0.2, 0.25) is 0 Å². The molecule has 0 atom stereocenters. The van der Waals surface area contributed by atoms with Crippen molar-refractivity contribution in [3.05, 3.63) is 87.3 Å². The molecule has 36 heavy (non-hydrogen) atoms. The number of hydrogen-bond donors (Lipinski definition) is 1. The van der Waals surface area contributed by atoms with Crippen LogP contribution in [0.25, 0.3) is 11.4 Å². The maximum Gasteiger partial charge on any atom is 0.160 e. The number of anilines is 1. The molecule has 1 aliphatic rings. The van der Waals surface area contributed by atoms with Crippen LogP contribution >= 0.6 is 11.6 Å². The number of aromatic nitrogens is 4. The van der Waals surface area contributed by atoms with E-state index < -0.39 is 11.4 Å². The highest BCUT2D eigenvalue weighted by molar-refractivity contribution is 6.30. The minimum Gasteiger partial charge on any atom is -0.486 e. The molecule has 0 spiro atoms. The molecule has 3 aromatic rings. The Morgan fingerprint density at radius 2 is 1.78 bits per heavy atom. The monoisotopic (exact) mass is 509 g/mol. The fraction of sp³-hybridized carbons (Fsp3) is 0.333. The molecule has 0 saturated carbocycles. The summed E-state index contributed by atoms with van der Waals surface area (Å²) in [5.41, 5.74) is 4.75. The molecule has 0 unspecified atom stereocenters. The van der Waals surface area contributed by atoms with Crippen LogP contribution in [0.1, 0.15) is 49.0 Å². The molecule has 4 rings (SSSR count). The lowest BCUT2D eigenvalue weighted by Crippen LogP contribution is -2.27. The van der Waals surface area contributed by atoms with Gasteiger partial charge in [-0.1, -0.05) is 11.6 Å². The van der Waals surface area contributed by atoms with Crippen molar-refractivity contribution >= 4 is 17.3 Å². The molecule has 0 aliphatic carbocycles. The van der Waals surface area contributed by atoms with E-state index >= 15 is 0 Å². The molecule has 4 heterocycles. The van der Waals surface area contributed by atoms with Gasteiger partial charge in [-0.05, 0) is 70.4 Å². The van der Waals surface area contributed by atoms with Crippen molar-refractivity contribution < 1.29 is 14.2 Å². The van der Waals surface area contributed by atoms with Crippen molar-refractivity contribution in [3.8, 4) is 11.4 Å². The Hall–Kier alpha value is -3.36. The molecule has 0 aromatic carbocycles. The Kier molecular flexibility index (Phi) is 7.11. The molecule has 0 fully saturated rings. The predicted octanol–water partition coefficient (Wildman–Crippen LogP) is 5.62. The van der Waals surface area contributed by atoms with Gasteiger partial charge in [-0.25, -0.2) is 14.4 Å². The summed E-state index contributed by atoms with van der Waals surface area (Å²) in [5.74, 6) is 0.409. The smallest absolute Gasteiger partial charge is 0.160 e. The first-order chi connectivity index (χ1) is 16.9. The van der Waals surface area contributed by atoms with Crippen molar-refractivity contribution in [2.24, 2.45) is 0 Å². The van der Waals surface area contributed by atoms with Gasteiger partial charge in [0.1, 0.15) is 29.5 Å². The third-order valence-corrected chi connectivity index (χ3v) is 6.18. The number of ether oxygens (including phenoxy) is 1. The molecule has 0 saturated heterocycles. The maximum absolute atomic E-state index is 14.2. The normalized spacial score (nSPS) is 14.2. The number of aliphatic hydroxyl groups is 1. The summed E-state index contributed by atoms with van der Waals surface area (Å²) >= 11 is 6.62. The van der Waals surface area contributed by atoms with Gasteiger partial charge in [0.05, 0.1) is 23.0 Å². The first-order valence-corrected chi connectivity index (χ1v) is 11.9. The second-order valence-electron chi connectivity index (χ2n) is 9.51. The van der Waals surface area contributed by atoms with E-state index in [1.165, 1.54) is 6.07 Å². The lowest BCUT2D eigenvalue weighted by molar-refractivity contribution is 0.0688. The van der Waals surface area contributed by atoms with E-state index in [2.05, 4.69) is 24.8 Å². The Morgan fingerprint density at radius 1 is 1.06 bits per heavy atom. The number of halogens is 2. The van der Waals surface area contributed by atoms with Gasteiger partial charge in [0.2, 0.25) is 0 Å². The molecule has 1 N–H and O–H groups in total. The van der Waals surface area contributed by atoms with Crippen molar-refractivity contribution in [1.82, 2.24) is 19.9 Å². The lowest BCUT2D eigenvalue weighted by Gasteiger charge is -2.31. The third kappa shape index (κ3) is 5.39. The van der Waals surface area contributed by atoms with E-state index in [0.717, 1.165) is 28.1 Å². The van der Waals surface area contributed by atoms with Gasteiger partial charge in [0.25, 0.3) is 0 Å². The second kappa shape index (κ2) is 9.95. The van der Waals surface area contributed by atoms with Gasteiger partial charge < -0.3 is 14.7 Å². The van der Waals surface area contributed by atoms with E-state index in [-0.39, 0.29) is 12.3 Å². The molecule has 1 aliphatic heterocycles. The quantitative estimate of drug-likeness (QED) is 0.462. The topological polar surface area (TPSA) is 84.3 Å². The third-order valence-electron chi connectivity index (χ3n) is 5.88. The van der Waals surface area contributed by atoms with Crippen LogP contribution in [0.3, 0.4) is 0 Å². The zero-order valence-corrected chi connectivity index (χ0v) is 22.0. The summed E-state index contributed by atoms with van der Waals surface area (Å²) in [5, 5.41) is 10.9. The summed E-state index contributed by atoms with van der Waals surface area (Å²) in [4.78, 5) is 19.6. The fourth-order valence-electron chi connectivity index (χ4n) is 3.83. The number of aryl methyl sites for hydroxylation is 3. The van der Waals surface area contributed by atoms with Crippen LogP contribution in [-0.4, -0.2) is 31.6 Å². The summed E-state index contributed by atoms with van der Waals surface area (Å²) in [7, 11) is 0. The largest absolute Gasteiger partial charge is 0.486 e. The average molecular weight is 510 g/mol. The summed E-state index contributed by atoms with van der Waals surface area (Å²) < 4.78 is 20.0. The van der Waals surface area contributed by atoms with Crippen LogP contribution in [0.5, 0.6) is 0 Å². The number of allylic oxidation sites excluding steroid dienone is 2. The van der Waals surface area contributed by atoms with Gasteiger partial charge in [-0.3, -0.25) is 9.97 Å². The SMILES string of the molecule is CC1=CC(OCc2ncc(C)cc2F)=C(Cl)CN1c1cc(-c2nc(C(C)(C)O)ncc2C)ncc1C. The molecule has 0 bridgehead atoms. The zero-order chi connectivity index (χ0) is 26.2. The second-order valence-corrected chi connectivity index (χ2v) is 9.97. The Bertz CT molecular complexity index is 1380. The van der Waals surface area contributed by atoms with Crippen LogP contribution in [-0.2, 0) is 16.9 Å². The summed E-state index contributed by atoms with van der Waals surface area (Å²) in [6.07, 6.45) is 6.92. The van der Waals surface area contributed by atoms with E-state index in [9.17, 15) is 9.50 Å². The predicted molar refractivity (Wildman–Crippen MR) is 138 cm³/mol. The van der Waals surface area contributed by atoms with Gasteiger partial charge in [0, 0.05) is 36.1 Å². The standard InChI is InChI=1S/C27H29ClFN5O2/c1-15-7-20(29)22(30-10-15)14-36-24-8-18(4)34(13-19(24)28)23-9-21(31-11-16(23)2)25-17(3)12-32-26(33-25)27(5,6)35/h7-12,35H,13-14H2,1-6H3. The summed E-state index contributed by atoms with van der Waals surface area (Å²) in [6.45, 7) is 11.3. The van der Waals surface area contributed by atoms with Crippen molar-refractivity contribution in [2.75, 3.05) is 11.4 Å². The molecular formula is C27H29ClFN5O2. The Balaban J connectivity index is 1.61. The minimum atomic E-state index is -1.17. The van der Waals surface area contributed by atoms with Gasteiger partial charge >= 0.3 is 0 Å². The van der Waals surface area contributed by atoms with E-state index in [1.807, 2.05) is 32.9 Å². The van der Waals surface area contributed by atoms with E-state index in [4.69, 9.17) is 16.3 Å². The van der Waals surface area contributed by atoms with E-state index in [0.29, 0.717) is 34.5 Å². The van der Waals surface area contributed by atoms with Crippen LogP contribution in [0.15, 0.2) is 53.3 Å². The first-order valence-electron chi connectivity index (χ1n) is 11.6. The maximum atomic E-state index is 14.2. The first kappa shape index (κ1) is 25.7. The Morgan fingerprint density at radius 3 is 2.47 bits per heavy atom. The highest BCUT2D eigenvalue weighted by atomic mass is 35.5. The fourth-order valence-corrected chi connectivity index (χ4v) is 4.05. The van der Waals surface area contributed by atoms with Crippen LogP contribution < -0.4 is 4.90 Å². The number of nitrogens with zero attached hydrogens (tertiary/aromatic N) is 5. The number of pyridine rings is 2.